The highest BCUT2D eigenvalue weighted by molar-refractivity contribution is 6.33. The molecule has 2 rings (SSSR count). The van der Waals surface area contributed by atoms with Crippen LogP contribution >= 0.6 is 11.6 Å². The highest BCUT2D eigenvalue weighted by atomic mass is 35.5. The number of piperidine rings is 1. The first-order valence-electron chi connectivity index (χ1n) is 6.74. The molecule has 5 nitrogen and oxygen atoms in total. The molecule has 0 radical (unpaired) electrons. The second-order valence-electron chi connectivity index (χ2n) is 5.36. The maximum absolute atomic E-state index is 11.5. The standard InChI is InChI=1S/C14H20ClN3O2/c1-10-4-6-17-13(12(10)15)18-7-3-5-14(20,9-18)8-11(19)16-2/h4,6,20H,3,5,7-9H2,1-2H3,(H,16,19). The van der Waals surface area contributed by atoms with Crippen LogP contribution in [0.15, 0.2) is 12.3 Å². The number of aromatic nitrogens is 1. The highest BCUT2D eigenvalue weighted by Crippen LogP contribution is 2.32. The Bertz CT molecular complexity index is 509. The zero-order valence-electron chi connectivity index (χ0n) is 11.8. The lowest BCUT2D eigenvalue weighted by Gasteiger charge is -2.39. The van der Waals surface area contributed by atoms with Crippen LogP contribution in [0.5, 0.6) is 0 Å². The van der Waals surface area contributed by atoms with Crippen LogP contribution in [0.3, 0.4) is 0 Å². The molecule has 0 saturated carbocycles. The van der Waals surface area contributed by atoms with Gasteiger partial charge in [-0.15, -0.1) is 0 Å². The number of β-amino-alcohol motifs (C(OH)–C–C–N with tert-alkyl or cyclic N) is 1. The zero-order chi connectivity index (χ0) is 14.8. The molecule has 1 amide bonds. The third-order valence-electron chi connectivity index (χ3n) is 3.69. The highest BCUT2D eigenvalue weighted by Gasteiger charge is 2.36. The van der Waals surface area contributed by atoms with E-state index in [2.05, 4.69) is 10.3 Å². The molecule has 1 aromatic heterocycles. The van der Waals surface area contributed by atoms with Crippen molar-refractivity contribution in [1.29, 1.82) is 0 Å². The van der Waals surface area contributed by atoms with Gasteiger partial charge in [-0.2, -0.15) is 0 Å². The van der Waals surface area contributed by atoms with Crippen molar-refractivity contribution in [3.63, 3.8) is 0 Å². The predicted molar refractivity (Wildman–Crippen MR) is 79.1 cm³/mol. The number of nitrogens with zero attached hydrogens (tertiary/aromatic N) is 2. The van der Waals surface area contributed by atoms with Crippen LogP contribution in [0.2, 0.25) is 5.02 Å². The summed E-state index contributed by atoms with van der Waals surface area (Å²) in [7, 11) is 1.57. The van der Waals surface area contributed by atoms with E-state index < -0.39 is 5.60 Å². The van der Waals surface area contributed by atoms with Crippen molar-refractivity contribution < 1.29 is 9.90 Å². The van der Waals surface area contributed by atoms with E-state index in [-0.39, 0.29) is 12.3 Å². The Balaban J connectivity index is 2.18. The molecule has 1 fully saturated rings. The maximum Gasteiger partial charge on any atom is 0.222 e. The van der Waals surface area contributed by atoms with E-state index in [1.54, 1.807) is 13.2 Å². The van der Waals surface area contributed by atoms with Gasteiger partial charge in [-0.05, 0) is 31.4 Å². The fourth-order valence-electron chi connectivity index (χ4n) is 2.57. The summed E-state index contributed by atoms with van der Waals surface area (Å²) < 4.78 is 0. The second-order valence-corrected chi connectivity index (χ2v) is 5.74. The number of carbonyl (C=O) groups is 1. The van der Waals surface area contributed by atoms with E-state index in [9.17, 15) is 9.90 Å². The Morgan fingerprint density at radius 1 is 1.65 bits per heavy atom. The van der Waals surface area contributed by atoms with Gasteiger partial charge in [0, 0.05) is 26.3 Å². The number of nitrogens with one attached hydrogen (secondary N) is 1. The van der Waals surface area contributed by atoms with Gasteiger partial charge in [0.05, 0.1) is 17.0 Å². The topological polar surface area (TPSA) is 65.5 Å². The molecule has 1 saturated heterocycles. The van der Waals surface area contributed by atoms with E-state index in [1.807, 2.05) is 17.9 Å². The number of rotatable bonds is 3. The SMILES string of the molecule is CNC(=O)CC1(O)CCCN(c2nccc(C)c2Cl)C1. The minimum atomic E-state index is -1.02. The molecular weight excluding hydrogens is 278 g/mol. The predicted octanol–water partition coefficient (Wildman–Crippen LogP) is 1.51. The average Bonchev–Trinajstić information content (AvgIpc) is 2.41. The molecule has 0 spiro atoms. The lowest BCUT2D eigenvalue weighted by Crippen LogP contribution is -2.50. The summed E-state index contributed by atoms with van der Waals surface area (Å²) in [4.78, 5) is 17.8. The molecule has 6 heteroatoms. The number of anilines is 1. The number of pyridine rings is 1. The molecule has 1 atom stereocenters. The van der Waals surface area contributed by atoms with E-state index in [1.165, 1.54) is 0 Å². The Morgan fingerprint density at radius 3 is 3.10 bits per heavy atom. The fourth-order valence-corrected chi connectivity index (χ4v) is 2.80. The maximum atomic E-state index is 11.5. The first-order valence-corrected chi connectivity index (χ1v) is 7.12. The number of amides is 1. The molecule has 1 aromatic rings. The second kappa shape index (κ2) is 5.97. The Labute approximate surface area is 123 Å². The summed E-state index contributed by atoms with van der Waals surface area (Å²) >= 11 is 6.29. The Kier molecular flexibility index (Phi) is 4.50. The summed E-state index contributed by atoms with van der Waals surface area (Å²) in [6.45, 7) is 3.08. The summed E-state index contributed by atoms with van der Waals surface area (Å²) in [6, 6.07) is 1.85. The van der Waals surface area contributed by atoms with E-state index >= 15 is 0 Å². The van der Waals surface area contributed by atoms with Crippen molar-refractivity contribution in [3.05, 3.63) is 22.8 Å². The number of hydrogen-bond acceptors (Lipinski definition) is 4. The monoisotopic (exact) mass is 297 g/mol. The number of hydrogen-bond donors (Lipinski definition) is 2. The van der Waals surface area contributed by atoms with Crippen molar-refractivity contribution in [2.45, 2.75) is 31.8 Å². The normalized spacial score (nSPS) is 22.7. The van der Waals surface area contributed by atoms with Crippen LogP contribution in [0.25, 0.3) is 0 Å². The molecular formula is C14H20ClN3O2. The molecule has 1 unspecified atom stereocenters. The van der Waals surface area contributed by atoms with E-state index in [0.717, 1.165) is 18.5 Å². The van der Waals surface area contributed by atoms with Crippen LogP contribution in [-0.2, 0) is 4.79 Å². The van der Waals surface area contributed by atoms with Crippen molar-refractivity contribution in [1.82, 2.24) is 10.3 Å². The van der Waals surface area contributed by atoms with Crippen LogP contribution in [-0.4, -0.2) is 41.7 Å². The molecule has 1 aliphatic heterocycles. The minimum Gasteiger partial charge on any atom is -0.388 e. The summed E-state index contributed by atoms with van der Waals surface area (Å²) in [5.41, 5.74) is -0.0651. The fraction of sp³-hybridized carbons (Fsp3) is 0.571. The summed E-state index contributed by atoms with van der Waals surface area (Å²) in [6.07, 6.45) is 3.23. The molecule has 2 N–H and O–H groups in total. The van der Waals surface area contributed by atoms with Gasteiger partial charge in [-0.3, -0.25) is 4.79 Å². The Hall–Kier alpha value is -1.33. The third-order valence-corrected chi connectivity index (χ3v) is 4.15. The largest absolute Gasteiger partial charge is 0.388 e. The van der Waals surface area contributed by atoms with Crippen LogP contribution in [0, 0.1) is 6.92 Å². The first-order chi connectivity index (χ1) is 9.45. The quantitative estimate of drug-likeness (QED) is 0.887. The van der Waals surface area contributed by atoms with Crippen molar-refractivity contribution in [3.8, 4) is 0 Å². The van der Waals surface area contributed by atoms with Crippen LogP contribution in [0.4, 0.5) is 5.82 Å². The lowest BCUT2D eigenvalue weighted by atomic mass is 9.89. The van der Waals surface area contributed by atoms with Crippen LogP contribution in [0.1, 0.15) is 24.8 Å². The molecule has 110 valence electrons. The van der Waals surface area contributed by atoms with E-state index in [4.69, 9.17) is 11.6 Å². The molecule has 2 heterocycles. The molecule has 1 aliphatic rings. The Morgan fingerprint density at radius 2 is 2.40 bits per heavy atom. The summed E-state index contributed by atoms with van der Waals surface area (Å²) in [5, 5.41) is 13.8. The van der Waals surface area contributed by atoms with E-state index in [0.29, 0.717) is 23.8 Å². The van der Waals surface area contributed by atoms with Gasteiger partial charge < -0.3 is 15.3 Å². The van der Waals surface area contributed by atoms with Gasteiger partial charge in [0.1, 0.15) is 5.82 Å². The van der Waals surface area contributed by atoms with Gasteiger partial charge in [0.25, 0.3) is 0 Å². The molecule has 0 aliphatic carbocycles. The van der Waals surface area contributed by atoms with Crippen LogP contribution < -0.4 is 10.2 Å². The van der Waals surface area contributed by atoms with Crippen molar-refractivity contribution in [2.75, 3.05) is 25.0 Å². The van der Waals surface area contributed by atoms with Crippen molar-refractivity contribution >= 4 is 23.3 Å². The number of aliphatic hydroxyl groups is 1. The zero-order valence-corrected chi connectivity index (χ0v) is 12.6. The number of aryl methyl sites for hydroxylation is 1. The van der Waals surface area contributed by atoms with Gasteiger partial charge >= 0.3 is 0 Å². The number of halogens is 1. The average molecular weight is 298 g/mol. The van der Waals surface area contributed by atoms with Gasteiger partial charge in [-0.1, -0.05) is 11.6 Å². The molecule has 20 heavy (non-hydrogen) atoms. The molecule has 0 aromatic carbocycles. The third kappa shape index (κ3) is 3.22. The van der Waals surface area contributed by atoms with Gasteiger partial charge in [0.15, 0.2) is 0 Å². The summed E-state index contributed by atoms with van der Waals surface area (Å²) in [5.74, 6) is 0.527. The number of carbonyl (C=O) groups excluding carboxylic acids is 1. The first kappa shape index (κ1) is 15.1. The molecule has 0 bridgehead atoms. The van der Waals surface area contributed by atoms with Crippen molar-refractivity contribution in [2.24, 2.45) is 0 Å². The lowest BCUT2D eigenvalue weighted by molar-refractivity contribution is -0.125. The minimum absolute atomic E-state index is 0.101. The van der Waals surface area contributed by atoms with Gasteiger partial charge in [0.2, 0.25) is 5.91 Å². The smallest absolute Gasteiger partial charge is 0.222 e. The van der Waals surface area contributed by atoms with Gasteiger partial charge in [-0.25, -0.2) is 4.98 Å².